The van der Waals surface area contributed by atoms with Crippen molar-refractivity contribution in [3.05, 3.63) is 52.5 Å². The zero-order chi connectivity index (χ0) is 16.8. The standard InChI is InChI=1S/C16H17Cl2F2NO2/c1-10(23-16(19)20)3-2-4-14(22-9-11-5-6-11)15-12(17)7-21-8-13(15)18/h2-3,7-8,11,14,16H,1,4-6,9H2/b3-2-. The summed E-state index contributed by atoms with van der Waals surface area (Å²) in [6, 6.07) is 0. The zero-order valence-corrected chi connectivity index (χ0v) is 13.9. The number of rotatable bonds is 9. The molecule has 1 aromatic rings. The Morgan fingerprint density at radius 1 is 1.35 bits per heavy atom. The molecule has 0 aromatic carbocycles. The van der Waals surface area contributed by atoms with Crippen molar-refractivity contribution >= 4 is 23.2 Å². The van der Waals surface area contributed by atoms with E-state index in [4.69, 9.17) is 27.9 Å². The molecule has 2 rings (SSSR count). The van der Waals surface area contributed by atoms with Crippen LogP contribution >= 0.6 is 23.2 Å². The molecule has 0 spiro atoms. The van der Waals surface area contributed by atoms with Crippen LogP contribution in [0, 0.1) is 5.92 Å². The average Bonchev–Trinajstić information content (AvgIpc) is 3.27. The molecule has 0 aliphatic heterocycles. The molecule has 1 aromatic heterocycles. The zero-order valence-electron chi connectivity index (χ0n) is 12.4. The maximum Gasteiger partial charge on any atom is 0.387 e. The molecule has 0 radical (unpaired) electrons. The first-order valence-corrected chi connectivity index (χ1v) is 7.93. The fraction of sp³-hybridized carbons (Fsp3) is 0.438. The Bertz CT molecular complexity index is 557. The Hall–Kier alpha value is -1.17. The molecule has 1 unspecified atom stereocenters. The second kappa shape index (κ2) is 8.62. The number of nitrogens with zero attached hydrogens (tertiary/aromatic N) is 1. The van der Waals surface area contributed by atoms with Crippen LogP contribution in [0.4, 0.5) is 8.78 Å². The molecule has 126 valence electrons. The van der Waals surface area contributed by atoms with Crippen LogP contribution in [0.25, 0.3) is 0 Å². The highest BCUT2D eigenvalue weighted by Crippen LogP contribution is 2.36. The molecule has 1 fully saturated rings. The van der Waals surface area contributed by atoms with Gasteiger partial charge in [-0.2, -0.15) is 8.78 Å². The van der Waals surface area contributed by atoms with Gasteiger partial charge in [0.25, 0.3) is 0 Å². The summed E-state index contributed by atoms with van der Waals surface area (Å²) in [6.45, 7) is 1.11. The van der Waals surface area contributed by atoms with E-state index < -0.39 is 6.61 Å². The first-order chi connectivity index (χ1) is 11.0. The highest BCUT2D eigenvalue weighted by atomic mass is 35.5. The van der Waals surface area contributed by atoms with Crippen molar-refractivity contribution in [2.45, 2.75) is 32.0 Å². The minimum atomic E-state index is -2.89. The molecule has 1 atom stereocenters. The quantitative estimate of drug-likeness (QED) is 0.425. The number of hydrogen-bond donors (Lipinski definition) is 0. The molecule has 3 nitrogen and oxygen atoms in total. The smallest absolute Gasteiger partial charge is 0.387 e. The molecule has 1 aliphatic carbocycles. The lowest BCUT2D eigenvalue weighted by molar-refractivity contribution is -0.0916. The average molecular weight is 364 g/mol. The topological polar surface area (TPSA) is 31.4 Å². The van der Waals surface area contributed by atoms with Crippen molar-refractivity contribution in [3.8, 4) is 0 Å². The molecule has 1 aliphatic rings. The summed E-state index contributed by atoms with van der Waals surface area (Å²) in [5.74, 6) is 0.450. The number of allylic oxidation sites excluding steroid dienone is 1. The van der Waals surface area contributed by atoms with Crippen molar-refractivity contribution in [1.82, 2.24) is 4.98 Å². The van der Waals surface area contributed by atoms with Crippen LogP contribution in [0.1, 0.15) is 30.9 Å². The predicted molar refractivity (Wildman–Crippen MR) is 85.7 cm³/mol. The SMILES string of the molecule is C=C(/C=C\CC(OCC1CC1)c1c(Cl)cncc1Cl)OC(F)F. The molecule has 0 N–H and O–H groups in total. The molecule has 1 saturated carbocycles. The Morgan fingerprint density at radius 3 is 2.57 bits per heavy atom. The fourth-order valence-corrected chi connectivity index (χ4v) is 2.62. The lowest BCUT2D eigenvalue weighted by Crippen LogP contribution is -2.08. The van der Waals surface area contributed by atoms with Gasteiger partial charge < -0.3 is 9.47 Å². The van der Waals surface area contributed by atoms with E-state index in [9.17, 15) is 8.78 Å². The van der Waals surface area contributed by atoms with E-state index in [-0.39, 0.29) is 11.9 Å². The Morgan fingerprint density at radius 2 is 2.00 bits per heavy atom. The lowest BCUT2D eigenvalue weighted by Gasteiger charge is -2.19. The summed E-state index contributed by atoms with van der Waals surface area (Å²) in [5.41, 5.74) is 0.647. The van der Waals surface area contributed by atoms with Gasteiger partial charge in [0.2, 0.25) is 0 Å². The van der Waals surface area contributed by atoms with Crippen LogP contribution in [-0.2, 0) is 9.47 Å². The predicted octanol–water partition coefficient (Wildman–Crippen LogP) is 5.56. The fourth-order valence-electron chi connectivity index (χ4n) is 2.01. The molecule has 0 saturated heterocycles. The first-order valence-electron chi connectivity index (χ1n) is 7.18. The van der Waals surface area contributed by atoms with Gasteiger partial charge in [0.1, 0.15) is 5.76 Å². The number of alkyl halides is 2. The van der Waals surface area contributed by atoms with Gasteiger partial charge in [-0.05, 0) is 31.3 Å². The van der Waals surface area contributed by atoms with E-state index in [1.54, 1.807) is 6.08 Å². The minimum absolute atomic E-state index is 0.118. The summed E-state index contributed by atoms with van der Waals surface area (Å²) < 4.78 is 34.2. The van der Waals surface area contributed by atoms with Crippen molar-refractivity contribution in [1.29, 1.82) is 0 Å². The van der Waals surface area contributed by atoms with E-state index >= 15 is 0 Å². The third-order valence-electron chi connectivity index (χ3n) is 3.34. The van der Waals surface area contributed by atoms with Crippen molar-refractivity contribution < 1.29 is 18.3 Å². The van der Waals surface area contributed by atoms with E-state index in [1.165, 1.54) is 18.5 Å². The highest BCUT2D eigenvalue weighted by molar-refractivity contribution is 6.35. The van der Waals surface area contributed by atoms with Crippen molar-refractivity contribution in [3.63, 3.8) is 0 Å². The van der Waals surface area contributed by atoms with Crippen LogP contribution < -0.4 is 0 Å². The highest BCUT2D eigenvalue weighted by Gasteiger charge is 2.25. The van der Waals surface area contributed by atoms with E-state index in [1.807, 2.05) is 0 Å². The molecule has 23 heavy (non-hydrogen) atoms. The summed E-state index contributed by atoms with van der Waals surface area (Å²) in [4.78, 5) is 3.92. The third-order valence-corrected chi connectivity index (χ3v) is 3.94. The molecular formula is C16H17Cl2F2NO2. The second-order valence-electron chi connectivity index (χ2n) is 5.27. The van der Waals surface area contributed by atoms with Crippen molar-refractivity contribution in [2.24, 2.45) is 5.92 Å². The Labute approximate surface area is 143 Å². The van der Waals surface area contributed by atoms with E-state index in [0.29, 0.717) is 34.6 Å². The van der Waals surface area contributed by atoms with Crippen LogP contribution in [0.15, 0.2) is 36.9 Å². The monoisotopic (exact) mass is 363 g/mol. The summed E-state index contributed by atoms with van der Waals surface area (Å²) in [7, 11) is 0. The first kappa shape index (κ1) is 18.2. The van der Waals surface area contributed by atoms with Gasteiger partial charge in [-0.3, -0.25) is 4.98 Å². The second-order valence-corrected chi connectivity index (χ2v) is 6.08. The molecule has 7 heteroatoms. The minimum Gasteiger partial charge on any atom is -0.435 e. The van der Waals surface area contributed by atoms with Gasteiger partial charge in [0, 0.05) is 18.0 Å². The van der Waals surface area contributed by atoms with E-state index in [2.05, 4.69) is 16.3 Å². The Balaban J connectivity index is 2.04. The largest absolute Gasteiger partial charge is 0.435 e. The van der Waals surface area contributed by atoms with Gasteiger partial charge in [0.15, 0.2) is 0 Å². The van der Waals surface area contributed by atoms with Gasteiger partial charge >= 0.3 is 6.61 Å². The third kappa shape index (κ3) is 6.09. The van der Waals surface area contributed by atoms with Gasteiger partial charge in [-0.15, -0.1) is 0 Å². The van der Waals surface area contributed by atoms with Gasteiger partial charge in [0.05, 0.1) is 22.8 Å². The number of pyridine rings is 1. The maximum atomic E-state index is 12.1. The molecule has 0 bridgehead atoms. The van der Waals surface area contributed by atoms with Crippen LogP contribution in [0.2, 0.25) is 10.0 Å². The number of hydrogen-bond acceptors (Lipinski definition) is 3. The molecule has 0 amide bonds. The summed E-state index contributed by atoms with van der Waals surface area (Å²) in [5, 5.41) is 0.823. The lowest BCUT2D eigenvalue weighted by atomic mass is 10.1. The van der Waals surface area contributed by atoms with Crippen LogP contribution in [-0.4, -0.2) is 18.2 Å². The maximum absolute atomic E-state index is 12.1. The number of halogens is 4. The molecule has 1 heterocycles. The van der Waals surface area contributed by atoms with Crippen molar-refractivity contribution in [2.75, 3.05) is 6.61 Å². The number of ether oxygens (including phenoxy) is 2. The van der Waals surface area contributed by atoms with Crippen LogP contribution in [0.5, 0.6) is 0 Å². The molecular weight excluding hydrogens is 347 g/mol. The summed E-state index contributed by atoms with van der Waals surface area (Å²) in [6.07, 6.45) is 8.35. The van der Waals surface area contributed by atoms with Gasteiger partial charge in [-0.1, -0.05) is 35.9 Å². The number of aromatic nitrogens is 1. The summed E-state index contributed by atoms with van der Waals surface area (Å²) >= 11 is 12.3. The Kier molecular flexibility index (Phi) is 6.81. The normalized spacial score (nSPS) is 16.0. The van der Waals surface area contributed by atoms with E-state index in [0.717, 1.165) is 12.8 Å². The van der Waals surface area contributed by atoms with Crippen LogP contribution in [0.3, 0.4) is 0 Å². The van der Waals surface area contributed by atoms with Gasteiger partial charge in [-0.25, -0.2) is 0 Å².